The van der Waals surface area contributed by atoms with Crippen LogP contribution < -0.4 is 20.9 Å². The summed E-state index contributed by atoms with van der Waals surface area (Å²) in [5.41, 5.74) is 6.00. The number of amides is 3. The molecule has 9 heteroatoms. The molecule has 0 saturated carbocycles. The van der Waals surface area contributed by atoms with E-state index in [1.165, 1.54) is 12.1 Å². The molecule has 3 amide bonds. The van der Waals surface area contributed by atoms with Gasteiger partial charge in [0.15, 0.2) is 6.61 Å². The van der Waals surface area contributed by atoms with Crippen molar-refractivity contribution in [3.8, 4) is 5.75 Å². The summed E-state index contributed by atoms with van der Waals surface area (Å²) in [6.07, 6.45) is 0. The first kappa shape index (κ1) is 22.5. The summed E-state index contributed by atoms with van der Waals surface area (Å²) in [7, 11) is 0. The minimum Gasteiger partial charge on any atom is -0.483 e. The van der Waals surface area contributed by atoms with Crippen LogP contribution in [-0.2, 0) is 4.79 Å². The first-order valence-corrected chi connectivity index (χ1v) is 10.6. The number of rotatable bonds is 6. The van der Waals surface area contributed by atoms with E-state index in [0.29, 0.717) is 27.0 Å². The number of carbonyl (C=O) groups excluding carboxylic acids is 3. The third-order valence-electron chi connectivity index (χ3n) is 4.01. The lowest BCUT2D eigenvalue weighted by atomic mass is 10.1. The summed E-state index contributed by atoms with van der Waals surface area (Å²) in [4.78, 5) is 36.3. The second kappa shape index (κ2) is 10.7. The minimum atomic E-state index is -0.519. The first-order chi connectivity index (χ1) is 14.9. The third kappa shape index (κ3) is 6.66. The van der Waals surface area contributed by atoms with Crippen molar-refractivity contribution in [3.05, 3.63) is 92.9 Å². The van der Waals surface area contributed by atoms with E-state index >= 15 is 0 Å². The molecule has 0 aliphatic heterocycles. The molecule has 0 saturated heterocycles. The Balaban J connectivity index is 1.46. The van der Waals surface area contributed by atoms with E-state index in [4.69, 9.17) is 4.74 Å². The SMILES string of the molecule is O=C(COc1ccc(Br)cc1Br)NNC(=O)c1ccc(NC(=O)c2ccccc2)cc1. The molecule has 0 spiro atoms. The lowest BCUT2D eigenvalue weighted by Gasteiger charge is -2.10. The van der Waals surface area contributed by atoms with Crippen molar-refractivity contribution in [1.29, 1.82) is 0 Å². The summed E-state index contributed by atoms with van der Waals surface area (Å²) < 4.78 is 6.97. The van der Waals surface area contributed by atoms with Gasteiger partial charge in [-0.3, -0.25) is 25.2 Å². The fraction of sp³-hybridized carbons (Fsp3) is 0.0455. The Morgan fingerprint density at radius 3 is 2.13 bits per heavy atom. The van der Waals surface area contributed by atoms with Crippen LogP contribution in [0.1, 0.15) is 20.7 Å². The second-order valence-corrected chi connectivity index (χ2v) is 8.03. The van der Waals surface area contributed by atoms with Gasteiger partial charge in [0.1, 0.15) is 5.75 Å². The molecular weight excluding hydrogens is 530 g/mol. The predicted octanol–water partition coefficient (Wildman–Crippen LogP) is 4.30. The highest BCUT2D eigenvalue weighted by Crippen LogP contribution is 2.28. The molecule has 0 aromatic heterocycles. The van der Waals surface area contributed by atoms with Gasteiger partial charge in [-0.05, 0) is 70.5 Å². The van der Waals surface area contributed by atoms with Gasteiger partial charge in [-0.25, -0.2) is 0 Å². The molecule has 0 heterocycles. The summed E-state index contributed by atoms with van der Waals surface area (Å²) in [5, 5.41) is 2.75. The van der Waals surface area contributed by atoms with Crippen LogP contribution in [0.2, 0.25) is 0 Å². The second-order valence-electron chi connectivity index (χ2n) is 6.26. The zero-order chi connectivity index (χ0) is 22.2. The smallest absolute Gasteiger partial charge is 0.276 e. The van der Waals surface area contributed by atoms with E-state index in [-0.39, 0.29) is 12.5 Å². The number of hydrogen-bond acceptors (Lipinski definition) is 4. The summed E-state index contributed by atoms with van der Waals surface area (Å²) in [6, 6.07) is 20.4. The number of anilines is 1. The Kier molecular flexibility index (Phi) is 7.80. The molecule has 0 atom stereocenters. The van der Waals surface area contributed by atoms with Gasteiger partial charge in [-0.2, -0.15) is 0 Å². The van der Waals surface area contributed by atoms with E-state index in [0.717, 1.165) is 4.47 Å². The van der Waals surface area contributed by atoms with Crippen LogP contribution in [0.15, 0.2) is 81.7 Å². The highest BCUT2D eigenvalue weighted by atomic mass is 79.9. The molecule has 3 aromatic rings. The Hall–Kier alpha value is -3.17. The van der Waals surface area contributed by atoms with Crippen molar-refractivity contribution < 1.29 is 19.1 Å². The van der Waals surface area contributed by atoms with Gasteiger partial charge in [0.25, 0.3) is 17.7 Å². The van der Waals surface area contributed by atoms with E-state index in [9.17, 15) is 14.4 Å². The molecule has 3 N–H and O–H groups in total. The zero-order valence-electron chi connectivity index (χ0n) is 16.0. The molecule has 3 aromatic carbocycles. The van der Waals surface area contributed by atoms with Crippen LogP contribution in [0.5, 0.6) is 5.75 Å². The molecule has 31 heavy (non-hydrogen) atoms. The van der Waals surface area contributed by atoms with Gasteiger partial charge in [0, 0.05) is 21.3 Å². The van der Waals surface area contributed by atoms with Crippen LogP contribution in [0.25, 0.3) is 0 Å². The third-order valence-corrected chi connectivity index (χ3v) is 5.12. The van der Waals surface area contributed by atoms with Crippen molar-refractivity contribution in [2.24, 2.45) is 0 Å². The topological polar surface area (TPSA) is 96.5 Å². The van der Waals surface area contributed by atoms with Crippen LogP contribution in [0.3, 0.4) is 0 Å². The number of hydrogen-bond donors (Lipinski definition) is 3. The number of nitrogens with one attached hydrogen (secondary N) is 3. The first-order valence-electron chi connectivity index (χ1n) is 9.06. The molecular formula is C22H17Br2N3O4. The lowest BCUT2D eigenvalue weighted by molar-refractivity contribution is -0.123. The normalized spacial score (nSPS) is 10.1. The summed E-state index contributed by atoms with van der Waals surface area (Å²) in [5.74, 6) is -0.769. The van der Waals surface area contributed by atoms with Crippen LogP contribution in [-0.4, -0.2) is 24.3 Å². The number of benzene rings is 3. The summed E-state index contributed by atoms with van der Waals surface area (Å²) >= 11 is 6.67. The highest BCUT2D eigenvalue weighted by molar-refractivity contribution is 9.11. The fourth-order valence-corrected chi connectivity index (χ4v) is 3.63. The number of halogens is 2. The van der Waals surface area contributed by atoms with Gasteiger partial charge in [-0.15, -0.1) is 0 Å². The van der Waals surface area contributed by atoms with E-state index in [1.54, 1.807) is 54.6 Å². The number of ether oxygens (including phenoxy) is 1. The molecule has 0 aliphatic carbocycles. The van der Waals surface area contributed by atoms with Crippen molar-refractivity contribution in [1.82, 2.24) is 10.9 Å². The summed E-state index contributed by atoms with van der Waals surface area (Å²) in [6.45, 7) is -0.273. The average Bonchev–Trinajstić information content (AvgIpc) is 2.78. The fourth-order valence-electron chi connectivity index (χ4n) is 2.47. The molecule has 0 aliphatic rings. The van der Waals surface area contributed by atoms with Crippen LogP contribution in [0.4, 0.5) is 5.69 Å². The minimum absolute atomic E-state index is 0.248. The monoisotopic (exact) mass is 545 g/mol. The Morgan fingerprint density at radius 2 is 1.45 bits per heavy atom. The number of carbonyl (C=O) groups is 3. The van der Waals surface area contributed by atoms with Gasteiger partial charge in [-0.1, -0.05) is 34.1 Å². The molecule has 0 unspecified atom stereocenters. The number of hydrazine groups is 1. The van der Waals surface area contributed by atoms with Crippen molar-refractivity contribution in [3.63, 3.8) is 0 Å². The average molecular weight is 547 g/mol. The maximum atomic E-state index is 12.2. The van der Waals surface area contributed by atoms with E-state index < -0.39 is 11.8 Å². The molecule has 0 radical (unpaired) electrons. The van der Waals surface area contributed by atoms with E-state index in [1.807, 2.05) is 6.07 Å². The largest absolute Gasteiger partial charge is 0.483 e. The van der Waals surface area contributed by atoms with Gasteiger partial charge in [0.2, 0.25) is 0 Å². The zero-order valence-corrected chi connectivity index (χ0v) is 19.2. The Labute approximate surface area is 195 Å². The van der Waals surface area contributed by atoms with Crippen LogP contribution >= 0.6 is 31.9 Å². The maximum Gasteiger partial charge on any atom is 0.276 e. The van der Waals surface area contributed by atoms with Crippen molar-refractivity contribution in [2.45, 2.75) is 0 Å². The van der Waals surface area contributed by atoms with Gasteiger partial charge >= 0.3 is 0 Å². The molecule has 0 fully saturated rings. The Morgan fingerprint density at radius 1 is 0.774 bits per heavy atom. The van der Waals surface area contributed by atoms with Gasteiger partial charge < -0.3 is 10.1 Å². The predicted molar refractivity (Wildman–Crippen MR) is 124 cm³/mol. The van der Waals surface area contributed by atoms with Crippen molar-refractivity contribution >= 4 is 55.3 Å². The molecule has 0 bridgehead atoms. The standard InChI is InChI=1S/C22H17Br2N3O4/c23-16-8-11-19(18(24)12-16)31-13-20(28)26-27-22(30)15-6-9-17(10-7-15)25-21(29)14-4-2-1-3-5-14/h1-12H,13H2,(H,25,29)(H,26,28)(H,27,30). The molecule has 7 nitrogen and oxygen atoms in total. The quantitative estimate of drug-likeness (QED) is 0.401. The molecule has 3 rings (SSSR count). The lowest BCUT2D eigenvalue weighted by Crippen LogP contribution is -2.43. The van der Waals surface area contributed by atoms with E-state index in [2.05, 4.69) is 48.0 Å². The molecule has 158 valence electrons. The Bertz CT molecular complexity index is 1090. The van der Waals surface area contributed by atoms with Gasteiger partial charge in [0.05, 0.1) is 4.47 Å². The van der Waals surface area contributed by atoms with Crippen molar-refractivity contribution in [2.75, 3.05) is 11.9 Å². The van der Waals surface area contributed by atoms with Crippen LogP contribution in [0, 0.1) is 0 Å². The highest BCUT2D eigenvalue weighted by Gasteiger charge is 2.10. The maximum absolute atomic E-state index is 12.2.